The fourth-order valence-electron chi connectivity index (χ4n) is 1.05. The minimum atomic E-state index is -0.355. The average Bonchev–Trinajstić information content (AvgIpc) is 2.21. The molecule has 2 N–H and O–H groups in total. The van der Waals surface area contributed by atoms with Crippen molar-refractivity contribution in [3.63, 3.8) is 0 Å². The Morgan fingerprint density at radius 1 is 1.57 bits per heavy atom. The number of halogens is 1. The van der Waals surface area contributed by atoms with Gasteiger partial charge < -0.3 is 15.2 Å². The van der Waals surface area contributed by atoms with Crippen LogP contribution in [0.4, 0.5) is 10.1 Å². The molecule has 0 aliphatic heterocycles. The van der Waals surface area contributed by atoms with Crippen molar-refractivity contribution in [3.05, 3.63) is 24.0 Å². The van der Waals surface area contributed by atoms with Gasteiger partial charge in [-0.3, -0.25) is 0 Å². The molecular formula is C10H14FNO2. The van der Waals surface area contributed by atoms with Crippen molar-refractivity contribution in [2.45, 2.75) is 13.0 Å². The molecule has 0 fully saturated rings. The molecule has 3 nitrogen and oxygen atoms in total. The van der Waals surface area contributed by atoms with Gasteiger partial charge in [0.15, 0.2) is 0 Å². The van der Waals surface area contributed by atoms with Crippen LogP contribution in [-0.2, 0) is 0 Å². The van der Waals surface area contributed by atoms with Crippen LogP contribution < -0.4 is 10.1 Å². The molecule has 0 saturated carbocycles. The highest BCUT2D eigenvalue weighted by Gasteiger charge is 2.06. The molecule has 1 atom stereocenters. The molecule has 0 aromatic heterocycles. The number of hydrogen-bond donors (Lipinski definition) is 2. The maximum atomic E-state index is 13.2. The molecule has 0 saturated heterocycles. The number of rotatable bonds is 4. The van der Waals surface area contributed by atoms with Crippen LogP contribution in [0.1, 0.15) is 6.92 Å². The molecule has 0 spiro atoms. The normalized spacial score (nSPS) is 12.3. The Hall–Kier alpha value is -1.29. The van der Waals surface area contributed by atoms with E-state index in [0.29, 0.717) is 11.4 Å². The van der Waals surface area contributed by atoms with Gasteiger partial charge in [0, 0.05) is 12.1 Å². The summed E-state index contributed by atoms with van der Waals surface area (Å²) in [5.74, 6) is 0.227. The summed E-state index contributed by atoms with van der Waals surface area (Å²) in [6, 6.07) is 4.24. The van der Waals surface area contributed by atoms with Gasteiger partial charge in [-0.25, -0.2) is 4.39 Å². The second kappa shape index (κ2) is 4.81. The fourth-order valence-corrected chi connectivity index (χ4v) is 1.05. The fraction of sp³-hybridized carbons (Fsp3) is 0.400. The van der Waals surface area contributed by atoms with Gasteiger partial charge in [-0.2, -0.15) is 0 Å². The maximum Gasteiger partial charge on any atom is 0.146 e. The minimum absolute atomic E-state index is 0.0450. The van der Waals surface area contributed by atoms with Gasteiger partial charge in [-0.15, -0.1) is 0 Å². The SMILES string of the molecule is COc1ccc(F)c(NC(C)CO)c1. The van der Waals surface area contributed by atoms with Gasteiger partial charge in [0.1, 0.15) is 11.6 Å². The van der Waals surface area contributed by atoms with Gasteiger partial charge in [0.2, 0.25) is 0 Å². The molecule has 0 amide bonds. The molecule has 0 aliphatic rings. The van der Waals surface area contributed by atoms with E-state index < -0.39 is 0 Å². The van der Waals surface area contributed by atoms with Crippen molar-refractivity contribution in [1.82, 2.24) is 0 Å². The minimum Gasteiger partial charge on any atom is -0.497 e. The monoisotopic (exact) mass is 199 g/mol. The Morgan fingerprint density at radius 3 is 2.86 bits per heavy atom. The van der Waals surface area contributed by atoms with E-state index in [-0.39, 0.29) is 18.5 Å². The lowest BCUT2D eigenvalue weighted by molar-refractivity contribution is 0.281. The molecule has 1 unspecified atom stereocenters. The van der Waals surface area contributed by atoms with Crippen molar-refractivity contribution in [2.75, 3.05) is 19.0 Å². The lowest BCUT2D eigenvalue weighted by Crippen LogP contribution is -2.19. The van der Waals surface area contributed by atoms with E-state index in [0.717, 1.165) is 0 Å². The Bertz CT molecular complexity index is 304. The summed E-state index contributed by atoms with van der Waals surface area (Å²) in [5.41, 5.74) is 0.339. The Balaban J connectivity index is 2.83. The van der Waals surface area contributed by atoms with E-state index in [9.17, 15) is 4.39 Å². The molecule has 4 heteroatoms. The van der Waals surface area contributed by atoms with Crippen LogP contribution in [0.5, 0.6) is 5.75 Å². The highest BCUT2D eigenvalue weighted by molar-refractivity contribution is 5.50. The van der Waals surface area contributed by atoms with Crippen LogP contribution in [0.15, 0.2) is 18.2 Å². The summed E-state index contributed by atoms with van der Waals surface area (Å²) in [6.45, 7) is 1.72. The Labute approximate surface area is 82.5 Å². The van der Waals surface area contributed by atoms with Gasteiger partial charge in [0.25, 0.3) is 0 Å². The lowest BCUT2D eigenvalue weighted by Gasteiger charge is -2.13. The van der Waals surface area contributed by atoms with Crippen LogP contribution in [0.2, 0.25) is 0 Å². The zero-order valence-corrected chi connectivity index (χ0v) is 8.25. The number of benzene rings is 1. The van der Waals surface area contributed by atoms with Crippen molar-refractivity contribution in [2.24, 2.45) is 0 Å². The van der Waals surface area contributed by atoms with Crippen LogP contribution >= 0.6 is 0 Å². The predicted octanol–water partition coefficient (Wildman–Crippen LogP) is 1.63. The van der Waals surface area contributed by atoms with Gasteiger partial charge in [-0.05, 0) is 19.1 Å². The first kappa shape index (κ1) is 10.8. The van der Waals surface area contributed by atoms with E-state index in [1.165, 1.54) is 13.2 Å². The number of aliphatic hydroxyl groups is 1. The quantitative estimate of drug-likeness (QED) is 0.774. The van der Waals surface area contributed by atoms with Crippen molar-refractivity contribution in [1.29, 1.82) is 0 Å². The average molecular weight is 199 g/mol. The summed E-state index contributed by atoms with van der Waals surface area (Å²) in [5, 5.41) is 11.6. The van der Waals surface area contributed by atoms with Crippen molar-refractivity contribution < 1.29 is 14.2 Å². The largest absolute Gasteiger partial charge is 0.497 e. The van der Waals surface area contributed by atoms with E-state index in [1.807, 2.05) is 0 Å². The number of nitrogens with one attached hydrogen (secondary N) is 1. The van der Waals surface area contributed by atoms with E-state index in [4.69, 9.17) is 9.84 Å². The van der Waals surface area contributed by atoms with Gasteiger partial charge in [0.05, 0.1) is 19.4 Å². The van der Waals surface area contributed by atoms with Crippen molar-refractivity contribution in [3.8, 4) is 5.75 Å². The summed E-state index contributed by atoms with van der Waals surface area (Å²) in [6.07, 6.45) is 0. The number of methoxy groups -OCH3 is 1. The standard InChI is InChI=1S/C10H14FNO2/c1-7(6-13)12-10-5-8(14-2)3-4-9(10)11/h3-5,7,12-13H,6H2,1-2H3. The zero-order chi connectivity index (χ0) is 10.6. The molecular weight excluding hydrogens is 185 g/mol. The van der Waals surface area contributed by atoms with Crippen LogP contribution in [-0.4, -0.2) is 24.9 Å². The first-order valence-corrected chi connectivity index (χ1v) is 4.38. The first-order chi connectivity index (χ1) is 6.67. The summed E-state index contributed by atoms with van der Waals surface area (Å²) >= 11 is 0. The summed E-state index contributed by atoms with van der Waals surface area (Å²) in [7, 11) is 1.52. The molecule has 0 radical (unpaired) electrons. The zero-order valence-electron chi connectivity index (χ0n) is 8.25. The van der Waals surface area contributed by atoms with Crippen LogP contribution in [0, 0.1) is 5.82 Å². The van der Waals surface area contributed by atoms with E-state index in [1.54, 1.807) is 19.1 Å². The predicted molar refractivity (Wildman–Crippen MR) is 53.1 cm³/mol. The molecule has 0 heterocycles. The third-order valence-corrected chi connectivity index (χ3v) is 1.85. The van der Waals surface area contributed by atoms with E-state index >= 15 is 0 Å². The molecule has 1 rings (SSSR count). The van der Waals surface area contributed by atoms with Gasteiger partial charge in [-0.1, -0.05) is 0 Å². The Morgan fingerprint density at radius 2 is 2.29 bits per heavy atom. The number of hydrogen-bond acceptors (Lipinski definition) is 3. The number of anilines is 1. The highest BCUT2D eigenvalue weighted by Crippen LogP contribution is 2.21. The second-order valence-corrected chi connectivity index (χ2v) is 3.07. The van der Waals surface area contributed by atoms with Crippen molar-refractivity contribution >= 4 is 5.69 Å². The topological polar surface area (TPSA) is 41.5 Å². The smallest absolute Gasteiger partial charge is 0.146 e. The molecule has 0 bridgehead atoms. The molecule has 0 aliphatic carbocycles. The second-order valence-electron chi connectivity index (χ2n) is 3.07. The molecule has 1 aromatic carbocycles. The van der Waals surface area contributed by atoms with E-state index in [2.05, 4.69) is 5.32 Å². The molecule has 1 aromatic rings. The number of ether oxygens (including phenoxy) is 1. The third-order valence-electron chi connectivity index (χ3n) is 1.85. The lowest BCUT2D eigenvalue weighted by atomic mass is 10.2. The highest BCUT2D eigenvalue weighted by atomic mass is 19.1. The number of aliphatic hydroxyl groups excluding tert-OH is 1. The summed E-state index contributed by atoms with van der Waals surface area (Å²) < 4.78 is 18.2. The first-order valence-electron chi connectivity index (χ1n) is 4.38. The molecule has 78 valence electrons. The summed E-state index contributed by atoms with van der Waals surface area (Å²) in [4.78, 5) is 0. The van der Waals surface area contributed by atoms with Crippen LogP contribution in [0.3, 0.4) is 0 Å². The van der Waals surface area contributed by atoms with Crippen LogP contribution in [0.25, 0.3) is 0 Å². The molecule has 14 heavy (non-hydrogen) atoms. The van der Waals surface area contributed by atoms with Gasteiger partial charge >= 0.3 is 0 Å². The third kappa shape index (κ3) is 2.60. The Kier molecular flexibility index (Phi) is 3.71. The maximum absolute atomic E-state index is 13.2.